The summed E-state index contributed by atoms with van der Waals surface area (Å²) in [4.78, 5) is 24.3. The first-order valence-electron chi connectivity index (χ1n) is 6.41. The van der Waals surface area contributed by atoms with Gasteiger partial charge in [-0.15, -0.1) is 11.3 Å². The van der Waals surface area contributed by atoms with Crippen LogP contribution in [0.3, 0.4) is 0 Å². The van der Waals surface area contributed by atoms with Gasteiger partial charge in [0, 0.05) is 6.42 Å². The Morgan fingerprint density at radius 2 is 2.14 bits per heavy atom. The fourth-order valence-electron chi connectivity index (χ4n) is 1.84. The maximum atomic E-state index is 12.0. The van der Waals surface area contributed by atoms with Crippen molar-refractivity contribution in [1.29, 1.82) is 0 Å². The Morgan fingerprint density at radius 1 is 1.43 bits per heavy atom. The summed E-state index contributed by atoms with van der Waals surface area (Å²) in [5.74, 6) is -0.940. The van der Waals surface area contributed by atoms with Crippen molar-refractivity contribution in [2.45, 2.75) is 27.2 Å². The van der Waals surface area contributed by atoms with Gasteiger partial charge in [0.15, 0.2) is 0 Å². The first-order valence-corrected chi connectivity index (χ1v) is 7.29. The Kier molecular flexibility index (Phi) is 4.13. The van der Waals surface area contributed by atoms with Gasteiger partial charge in [0.25, 0.3) is 5.91 Å². The van der Waals surface area contributed by atoms with Gasteiger partial charge >= 0.3 is 0 Å². The number of hydrogen-bond donors (Lipinski definition) is 2. The maximum Gasteiger partial charge on any atom is 0.256 e. The molecule has 0 spiro atoms. The van der Waals surface area contributed by atoms with E-state index in [1.54, 1.807) is 6.07 Å². The standard InChI is InChI=1S/C14H17N3O3S/c1-14(2,3)7-9(18)16-13-10(12(15)19)11(17-20-13)8-5-4-6-21-8/h4-6H,7H2,1-3H3,(H2,15,19)(H,16,18). The highest BCUT2D eigenvalue weighted by Crippen LogP contribution is 2.32. The zero-order chi connectivity index (χ0) is 15.6. The van der Waals surface area contributed by atoms with Crippen molar-refractivity contribution >= 4 is 29.0 Å². The number of amides is 2. The molecule has 3 N–H and O–H groups in total. The van der Waals surface area contributed by atoms with Gasteiger partial charge in [0.2, 0.25) is 11.8 Å². The molecule has 7 heteroatoms. The van der Waals surface area contributed by atoms with Crippen LogP contribution in [0, 0.1) is 5.41 Å². The van der Waals surface area contributed by atoms with Crippen molar-refractivity contribution < 1.29 is 14.1 Å². The number of aromatic nitrogens is 1. The number of nitrogens with one attached hydrogen (secondary N) is 1. The van der Waals surface area contributed by atoms with E-state index in [-0.39, 0.29) is 22.8 Å². The van der Waals surface area contributed by atoms with E-state index >= 15 is 0 Å². The predicted octanol–water partition coefficient (Wildman–Crippen LogP) is 2.88. The van der Waals surface area contributed by atoms with Crippen LogP contribution in [0.15, 0.2) is 22.0 Å². The SMILES string of the molecule is CC(C)(C)CC(=O)Nc1onc(-c2cccs2)c1C(N)=O. The summed E-state index contributed by atoms with van der Waals surface area (Å²) in [5, 5.41) is 8.27. The molecule has 0 aliphatic heterocycles. The van der Waals surface area contributed by atoms with Crippen molar-refractivity contribution in [3.63, 3.8) is 0 Å². The number of nitrogens with two attached hydrogens (primary N) is 1. The number of carbonyl (C=O) groups is 2. The van der Waals surface area contributed by atoms with E-state index in [2.05, 4.69) is 10.5 Å². The Labute approximate surface area is 126 Å². The number of primary amides is 1. The molecule has 0 saturated carbocycles. The van der Waals surface area contributed by atoms with E-state index in [1.807, 2.05) is 32.2 Å². The molecule has 112 valence electrons. The van der Waals surface area contributed by atoms with Crippen molar-refractivity contribution in [1.82, 2.24) is 5.16 Å². The van der Waals surface area contributed by atoms with Crippen LogP contribution in [0.4, 0.5) is 5.88 Å². The molecule has 0 atom stereocenters. The molecule has 2 amide bonds. The maximum absolute atomic E-state index is 12.0. The van der Waals surface area contributed by atoms with E-state index in [0.717, 1.165) is 4.88 Å². The van der Waals surface area contributed by atoms with Gasteiger partial charge in [-0.3, -0.25) is 14.9 Å². The van der Waals surface area contributed by atoms with Crippen LogP contribution < -0.4 is 11.1 Å². The van der Waals surface area contributed by atoms with Crippen LogP contribution in [0.25, 0.3) is 10.6 Å². The van der Waals surface area contributed by atoms with Crippen molar-refractivity contribution in [2.24, 2.45) is 11.1 Å². The fourth-order valence-corrected chi connectivity index (χ4v) is 2.55. The summed E-state index contributed by atoms with van der Waals surface area (Å²) in [6, 6.07) is 3.63. The zero-order valence-corrected chi connectivity index (χ0v) is 12.9. The average molecular weight is 307 g/mol. The third-order valence-corrected chi connectivity index (χ3v) is 3.51. The third-order valence-electron chi connectivity index (χ3n) is 2.64. The molecule has 2 aromatic rings. The van der Waals surface area contributed by atoms with E-state index in [1.165, 1.54) is 11.3 Å². The summed E-state index contributed by atoms with van der Waals surface area (Å²) >= 11 is 1.41. The Bertz CT molecular complexity index is 654. The normalized spacial score (nSPS) is 11.4. The van der Waals surface area contributed by atoms with Crippen LogP contribution in [0.2, 0.25) is 0 Å². The first kappa shape index (κ1) is 15.2. The molecule has 0 saturated heterocycles. The molecule has 6 nitrogen and oxygen atoms in total. The van der Waals surface area contributed by atoms with Crippen LogP contribution in [-0.4, -0.2) is 17.0 Å². The molecule has 0 fully saturated rings. The molecule has 2 aromatic heterocycles. The van der Waals surface area contributed by atoms with Crippen LogP contribution in [0.5, 0.6) is 0 Å². The van der Waals surface area contributed by atoms with Crippen LogP contribution in [-0.2, 0) is 4.79 Å². The molecule has 0 aliphatic rings. The number of nitrogens with zero attached hydrogens (tertiary/aromatic N) is 1. The van der Waals surface area contributed by atoms with Gasteiger partial charge in [0.05, 0.1) is 4.88 Å². The molecule has 21 heavy (non-hydrogen) atoms. The van der Waals surface area contributed by atoms with Gasteiger partial charge < -0.3 is 10.3 Å². The van der Waals surface area contributed by atoms with E-state index in [9.17, 15) is 9.59 Å². The second kappa shape index (κ2) is 5.69. The highest BCUT2D eigenvalue weighted by Gasteiger charge is 2.25. The zero-order valence-electron chi connectivity index (χ0n) is 12.1. The Hall–Kier alpha value is -2.15. The minimum absolute atomic E-state index is 0.000139. The summed E-state index contributed by atoms with van der Waals surface area (Å²) < 4.78 is 5.09. The second-order valence-electron chi connectivity index (χ2n) is 5.86. The Balaban J connectivity index is 2.29. The number of rotatable bonds is 4. The fraction of sp³-hybridized carbons (Fsp3) is 0.357. The highest BCUT2D eigenvalue weighted by molar-refractivity contribution is 7.13. The molecule has 0 aliphatic carbocycles. The largest absolute Gasteiger partial charge is 0.365 e. The van der Waals surface area contributed by atoms with Crippen LogP contribution >= 0.6 is 11.3 Å². The molecule has 0 radical (unpaired) electrons. The lowest BCUT2D eigenvalue weighted by atomic mass is 9.92. The average Bonchev–Trinajstić information content (AvgIpc) is 2.93. The van der Waals surface area contributed by atoms with Gasteiger partial charge in [0.1, 0.15) is 11.3 Å². The minimum atomic E-state index is -0.689. The quantitative estimate of drug-likeness (QED) is 0.907. The molecule has 0 bridgehead atoms. The third kappa shape index (κ3) is 3.69. The smallest absolute Gasteiger partial charge is 0.256 e. The number of carbonyl (C=O) groups excluding carboxylic acids is 2. The monoisotopic (exact) mass is 307 g/mol. The predicted molar refractivity (Wildman–Crippen MR) is 81.0 cm³/mol. The first-order chi connectivity index (χ1) is 9.78. The second-order valence-corrected chi connectivity index (χ2v) is 6.81. The van der Waals surface area contributed by atoms with Gasteiger partial charge in [-0.25, -0.2) is 0 Å². The van der Waals surface area contributed by atoms with Crippen molar-refractivity contribution in [2.75, 3.05) is 5.32 Å². The van der Waals surface area contributed by atoms with E-state index in [0.29, 0.717) is 12.1 Å². The molecular formula is C14H17N3O3S. The summed E-state index contributed by atoms with van der Waals surface area (Å²) in [6.07, 6.45) is 0.292. The molecule has 0 unspecified atom stereocenters. The number of hydrogen-bond acceptors (Lipinski definition) is 5. The van der Waals surface area contributed by atoms with E-state index in [4.69, 9.17) is 10.3 Å². The van der Waals surface area contributed by atoms with Gasteiger partial charge in [-0.05, 0) is 16.9 Å². The van der Waals surface area contributed by atoms with Gasteiger partial charge in [-0.1, -0.05) is 32.0 Å². The number of anilines is 1. The molecule has 2 heterocycles. The topological polar surface area (TPSA) is 98.2 Å². The lowest BCUT2D eigenvalue weighted by Gasteiger charge is -2.16. The summed E-state index contributed by atoms with van der Waals surface area (Å²) in [7, 11) is 0. The minimum Gasteiger partial charge on any atom is -0.365 e. The molecular weight excluding hydrogens is 290 g/mol. The van der Waals surface area contributed by atoms with Crippen LogP contribution in [0.1, 0.15) is 37.6 Å². The lowest BCUT2D eigenvalue weighted by Crippen LogP contribution is -2.21. The van der Waals surface area contributed by atoms with Gasteiger partial charge in [-0.2, -0.15) is 0 Å². The summed E-state index contributed by atoms with van der Waals surface area (Å²) in [5.41, 5.74) is 5.66. The lowest BCUT2D eigenvalue weighted by molar-refractivity contribution is -0.117. The van der Waals surface area contributed by atoms with Crippen molar-refractivity contribution in [3.05, 3.63) is 23.1 Å². The summed E-state index contributed by atoms with van der Waals surface area (Å²) in [6.45, 7) is 5.83. The number of thiophene rings is 1. The Morgan fingerprint density at radius 3 is 2.67 bits per heavy atom. The molecule has 0 aromatic carbocycles. The highest BCUT2D eigenvalue weighted by atomic mass is 32.1. The molecule has 2 rings (SSSR count). The van der Waals surface area contributed by atoms with Crippen molar-refractivity contribution in [3.8, 4) is 10.6 Å². The van der Waals surface area contributed by atoms with E-state index < -0.39 is 5.91 Å².